The molecule has 180 valence electrons. The van der Waals surface area contributed by atoms with Gasteiger partial charge < -0.3 is 10.1 Å². The number of nitrogens with zero attached hydrogens (tertiary/aromatic N) is 4. The van der Waals surface area contributed by atoms with E-state index in [1.54, 1.807) is 4.57 Å². The Kier molecular flexibility index (Phi) is 4.49. The maximum absolute atomic E-state index is 13.5. The summed E-state index contributed by atoms with van der Waals surface area (Å²) >= 11 is 0. The second-order valence-corrected chi connectivity index (χ2v) is 11.8. The molecule has 1 N–H and O–H groups in total. The predicted molar refractivity (Wildman–Crippen MR) is 131 cm³/mol. The molecule has 5 aliphatic carbocycles. The normalized spacial score (nSPS) is 38.2. The first-order valence-corrected chi connectivity index (χ1v) is 13.2. The molecule has 2 aromatic heterocycles. The van der Waals surface area contributed by atoms with Crippen LogP contribution in [-0.4, -0.2) is 31.8 Å². The van der Waals surface area contributed by atoms with Crippen LogP contribution in [0.25, 0.3) is 11.2 Å². The van der Waals surface area contributed by atoms with Crippen LogP contribution in [0.5, 0.6) is 0 Å². The molecule has 1 aliphatic heterocycles. The molecule has 34 heavy (non-hydrogen) atoms. The van der Waals surface area contributed by atoms with Crippen LogP contribution in [0.1, 0.15) is 64.8 Å². The fraction of sp³-hybridized carbons (Fsp3) is 0.667. The van der Waals surface area contributed by atoms with E-state index >= 15 is 0 Å². The van der Waals surface area contributed by atoms with Crippen LogP contribution in [-0.2, 0) is 11.8 Å². The van der Waals surface area contributed by atoms with Crippen molar-refractivity contribution in [2.75, 3.05) is 11.9 Å². The van der Waals surface area contributed by atoms with E-state index < -0.39 is 0 Å². The summed E-state index contributed by atoms with van der Waals surface area (Å²) in [4.78, 5) is 23.1. The lowest BCUT2D eigenvalue weighted by molar-refractivity contribution is -0.0902. The van der Waals surface area contributed by atoms with Gasteiger partial charge in [-0.25, -0.2) is 9.78 Å². The summed E-state index contributed by atoms with van der Waals surface area (Å²) in [5, 5.41) is 3.46. The molecule has 4 unspecified atom stereocenters. The van der Waals surface area contributed by atoms with Crippen LogP contribution in [0.3, 0.4) is 0 Å². The molecular formula is C27H35N5O2. The summed E-state index contributed by atoms with van der Waals surface area (Å²) in [6, 6.07) is 0.266. The maximum Gasteiger partial charge on any atom is 0.330 e. The molecular weight excluding hydrogens is 426 g/mol. The summed E-state index contributed by atoms with van der Waals surface area (Å²) in [7, 11) is 1.86. The molecule has 3 heterocycles. The third kappa shape index (κ3) is 2.95. The lowest BCUT2D eigenvalue weighted by atomic mass is 9.47. The van der Waals surface area contributed by atoms with Crippen LogP contribution in [0.15, 0.2) is 34.4 Å². The van der Waals surface area contributed by atoms with Crippen molar-refractivity contribution in [1.82, 2.24) is 19.1 Å². The first kappa shape index (κ1) is 20.9. The third-order valence-corrected chi connectivity index (χ3v) is 9.88. The molecule has 5 fully saturated rings. The molecule has 4 atom stereocenters. The van der Waals surface area contributed by atoms with Crippen LogP contribution in [0.2, 0.25) is 0 Å². The minimum Gasteiger partial charge on any atom is -0.373 e. The highest BCUT2D eigenvalue weighted by molar-refractivity contribution is 5.72. The number of anilines is 1. The van der Waals surface area contributed by atoms with Gasteiger partial charge in [0.25, 0.3) is 0 Å². The Morgan fingerprint density at radius 3 is 2.76 bits per heavy atom. The van der Waals surface area contributed by atoms with Gasteiger partial charge in [0.05, 0.1) is 12.3 Å². The molecule has 0 radical (unpaired) electrons. The Morgan fingerprint density at radius 2 is 2.00 bits per heavy atom. The van der Waals surface area contributed by atoms with Crippen LogP contribution >= 0.6 is 0 Å². The van der Waals surface area contributed by atoms with Crippen molar-refractivity contribution in [2.24, 2.45) is 36.1 Å². The quantitative estimate of drug-likeness (QED) is 0.722. The van der Waals surface area contributed by atoms with Gasteiger partial charge in [-0.1, -0.05) is 25.5 Å². The third-order valence-electron chi connectivity index (χ3n) is 9.88. The number of nitrogens with one attached hydrogen (secondary N) is 1. The van der Waals surface area contributed by atoms with E-state index in [1.807, 2.05) is 13.2 Å². The molecule has 6 aliphatic rings. The molecule has 7 heteroatoms. The van der Waals surface area contributed by atoms with Crippen molar-refractivity contribution in [3.8, 4) is 0 Å². The highest BCUT2D eigenvalue weighted by atomic mass is 16.5. The Balaban J connectivity index is 1.27. The zero-order chi connectivity index (χ0) is 23.2. The molecule has 0 spiro atoms. The minimum atomic E-state index is 0.0587. The van der Waals surface area contributed by atoms with Crippen molar-refractivity contribution < 1.29 is 4.74 Å². The highest BCUT2D eigenvalue weighted by Gasteiger charge is 2.55. The van der Waals surface area contributed by atoms with Crippen LogP contribution < -0.4 is 11.0 Å². The van der Waals surface area contributed by atoms with Gasteiger partial charge in [0.15, 0.2) is 5.65 Å². The number of hydrogen-bond donors (Lipinski definition) is 1. The Morgan fingerprint density at radius 1 is 1.21 bits per heavy atom. The molecule has 4 saturated carbocycles. The van der Waals surface area contributed by atoms with Gasteiger partial charge >= 0.3 is 5.69 Å². The van der Waals surface area contributed by atoms with E-state index in [-0.39, 0.29) is 17.8 Å². The summed E-state index contributed by atoms with van der Waals surface area (Å²) in [5.41, 5.74) is 4.39. The van der Waals surface area contributed by atoms with Crippen molar-refractivity contribution in [1.29, 1.82) is 0 Å². The molecule has 0 amide bonds. The second kappa shape index (κ2) is 7.30. The zero-order valence-electron chi connectivity index (χ0n) is 20.5. The van der Waals surface area contributed by atoms with Gasteiger partial charge in [-0.2, -0.15) is 4.98 Å². The van der Waals surface area contributed by atoms with Crippen molar-refractivity contribution in [3.05, 3.63) is 40.1 Å². The van der Waals surface area contributed by atoms with Crippen LogP contribution in [0, 0.1) is 29.1 Å². The zero-order valence-corrected chi connectivity index (χ0v) is 20.5. The molecule has 7 nitrogen and oxygen atoms in total. The molecule has 1 saturated heterocycles. The fourth-order valence-corrected chi connectivity index (χ4v) is 8.41. The summed E-state index contributed by atoms with van der Waals surface area (Å²) in [6.45, 7) is 5.28. The van der Waals surface area contributed by atoms with Gasteiger partial charge in [0, 0.05) is 31.3 Å². The minimum absolute atomic E-state index is 0.0587. The molecule has 0 aromatic carbocycles. The number of aryl methyl sites for hydroxylation is 1. The summed E-state index contributed by atoms with van der Waals surface area (Å²) in [5.74, 6) is 3.00. The smallest absolute Gasteiger partial charge is 0.330 e. The molecule has 4 bridgehead atoms. The summed E-state index contributed by atoms with van der Waals surface area (Å²) < 4.78 is 9.62. The number of hydrogen-bond acceptors (Lipinski definition) is 5. The first-order valence-electron chi connectivity index (χ1n) is 13.2. The number of rotatable bonds is 4. The average Bonchev–Trinajstić information content (AvgIpc) is 3.36. The number of imidazole rings is 1. The van der Waals surface area contributed by atoms with E-state index in [1.165, 1.54) is 38.5 Å². The fourth-order valence-electron chi connectivity index (χ4n) is 8.41. The molecule has 8 rings (SSSR count). The van der Waals surface area contributed by atoms with E-state index in [0.717, 1.165) is 41.4 Å². The first-order chi connectivity index (χ1) is 16.4. The van der Waals surface area contributed by atoms with Gasteiger partial charge in [0.1, 0.15) is 5.52 Å². The SMILES string of the molecule is CCC12CC3CC(C1)C(n1c(=O)n(C)c4cnc(NC5=CC6CCOC6C=C5C)nc41)C(C3)C2. The average molecular weight is 462 g/mol. The number of ether oxygens (including phenoxy) is 1. The largest absolute Gasteiger partial charge is 0.373 e. The molecule has 2 aromatic rings. The summed E-state index contributed by atoms with van der Waals surface area (Å²) in [6.07, 6.45) is 15.3. The second-order valence-electron chi connectivity index (χ2n) is 11.8. The lowest BCUT2D eigenvalue weighted by Gasteiger charge is -2.60. The van der Waals surface area contributed by atoms with Crippen molar-refractivity contribution in [3.63, 3.8) is 0 Å². The van der Waals surface area contributed by atoms with Gasteiger partial charge in [-0.05, 0) is 74.2 Å². The Labute approximate surface area is 200 Å². The van der Waals surface area contributed by atoms with Crippen LogP contribution in [0.4, 0.5) is 5.95 Å². The highest BCUT2D eigenvalue weighted by Crippen LogP contribution is 2.64. The van der Waals surface area contributed by atoms with Gasteiger partial charge in [0.2, 0.25) is 5.95 Å². The Bertz CT molecular complexity index is 1270. The number of aromatic nitrogens is 4. The lowest BCUT2D eigenvalue weighted by Crippen LogP contribution is -2.52. The topological polar surface area (TPSA) is 74.0 Å². The predicted octanol–water partition coefficient (Wildman–Crippen LogP) is 4.57. The standard InChI is InChI=1S/C27H35N5O2/c1-4-27-11-16-8-18(12-27)23(19(9-16)13-27)32-24-21(31(3)26(32)33)14-28-25(30-24)29-20-10-17-5-6-34-22(17)7-15(20)2/h7,10,14,16-19,22-23H,4-6,8-9,11-13H2,1-3H3,(H,28,29,30). The van der Waals surface area contributed by atoms with Crippen molar-refractivity contribution in [2.45, 2.75) is 70.9 Å². The number of allylic oxidation sites excluding steroid dienone is 1. The van der Waals surface area contributed by atoms with E-state index in [2.05, 4.69) is 40.9 Å². The van der Waals surface area contributed by atoms with E-state index in [0.29, 0.717) is 29.1 Å². The Hall–Kier alpha value is -2.41. The monoisotopic (exact) mass is 461 g/mol. The van der Waals surface area contributed by atoms with Gasteiger partial charge in [-0.15, -0.1) is 0 Å². The number of fused-ring (bicyclic) bond motifs is 2. The maximum atomic E-state index is 13.5. The van der Waals surface area contributed by atoms with Gasteiger partial charge in [-0.3, -0.25) is 9.13 Å². The van der Waals surface area contributed by atoms with E-state index in [9.17, 15) is 4.79 Å². The van der Waals surface area contributed by atoms with E-state index in [4.69, 9.17) is 9.72 Å². The van der Waals surface area contributed by atoms with Crippen molar-refractivity contribution >= 4 is 17.1 Å².